The second kappa shape index (κ2) is 11.0. The Balaban J connectivity index is 1.60. The molecule has 0 saturated carbocycles. The molecule has 3 rings (SSSR count). The third-order valence-electron chi connectivity index (χ3n) is 4.87. The Labute approximate surface area is 181 Å². The number of benzene rings is 2. The number of carbonyl (C=O) groups excluding carboxylic acids is 1. The van der Waals surface area contributed by atoms with Gasteiger partial charge >= 0.3 is 5.97 Å². The molecule has 164 valence electrons. The zero-order valence-electron chi connectivity index (χ0n) is 17.5. The van der Waals surface area contributed by atoms with Gasteiger partial charge in [-0.1, -0.05) is 0 Å². The van der Waals surface area contributed by atoms with Gasteiger partial charge in [-0.3, -0.25) is 10.2 Å². The van der Waals surface area contributed by atoms with E-state index in [1.165, 1.54) is 18.6 Å². The van der Waals surface area contributed by atoms with Crippen molar-refractivity contribution in [3.63, 3.8) is 0 Å². The molecule has 8 nitrogen and oxygen atoms in total. The van der Waals surface area contributed by atoms with E-state index in [0.717, 1.165) is 31.5 Å². The maximum atomic E-state index is 12.3. The van der Waals surface area contributed by atoms with Gasteiger partial charge in [0.25, 0.3) is 5.91 Å². The van der Waals surface area contributed by atoms with Crippen molar-refractivity contribution in [3.8, 4) is 11.5 Å². The second-order valence-electron chi connectivity index (χ2n) is 7.12. The zero-order chi connectivity index (χ0) is 22.1. The number of carboxylic acids is 1. The number of anilines is 1. The Morgan fingerprint density at radius 2 is 1.81 bits per heavy atom. The lowest BCUT2D eigenvalue weighted by Crippen LogP contribution is -2.38. The largest absolute Gasteiger partial charge is 0.490 e. The zero-order valence-corrected chi connectivity index (χ0v) is 17.5. The topological polar surface area (TPSA) is 100 Å². The third kappa shape index (κ3) is 6.47. The molecule has 0 spiro atoms. The predicted octanol–water partition coefficient (Wildman–Crippen LogP) is 3.62. The first kappa shape index (κ1) is 22.1. The van der Waals surface area contributed by atoms with Gasteiger partial charge in [0.05, 0.1) is 24.1 Å². The summed E-state index contributed by atoms with van der Waals surface area (Å²) in [6.45, 7) is 3.92. The highest BCUT2D eigenvalue weighted by Gasteiger charge is 2.17. The molecule has 8 heteroatoms. The SMILES string of the molecule is CCOc1cc(/C=N/Nc2ccc(C(=O)O)cc2)ccc1OCC(=O)N1CCCCC1. The van der Waals surface area contributed by atoms with Crippen LogP contribution >= 0.6 is 0 Å². The van der Waals surface area contributed by atoms with E-state index in [4.69, 9.17) is 14.6 Å². The normalized spacial score (nSPS) is 13.8. The van der Waals surface area contributed by atoms with Crippen molar-refractivity contribution in [3.05, 3.63) is 53.6 Å². The van der Waals surface area contributed by atoms with E-state index in [1.807, 2.05) is 17.9 Å². The molecule has 0 unspecified atom stereocenters. The number of likely N-dealkylation sites (tertiary alicyclic amines) is 1. The summed E-state index contributed by atoms with van der Waals surface area (Å²) in [5.41, 5.74) is 4.52. The molecule has 2 N–H and O–H groups in total. The number of carboxylic acid groups (broad SMARTS) is 1. The fraction of sp³-hybridized carbons (Fsp3) is 0.348. The smallest absolute Gasteiger partial charge is 0.335 e. The van der Waals surface area contributed by atoms with E-state index in [1.54, 1.807) is 30.5 Å². The minimum atomic E-state index is -0.974. The van der Waals surface area contributed by atoms with Gasteiger partial charge in [0.15, 0.2) is 18.1 Å². The van der Waals surface area contributed by atoms with Gasteiger partial charge < -0.3 is 19.5 Å². The number of ether oxygens (including phenoxy) is 2. The average Bonchev–Trinajstić information content (AvgIpc) is 2.79. The van der Waals surface area contributed by atoms with Crippen LogP contribution in [0.15, 0.2) is 47.6 Å². The fourth-order valence-electron chi connectivity index (χ4n) is 3.24. The van der Waals surface area contributed by atoms with Crippen molar-refractivity contribution in [1.82, 2.24) is 4.90 Å². The first-order valence-corrected chi connectivity index (χ1v) is 10.4. The van der Waals surface area contributed by atoms with Gasteiger partial charge in [-0.25, -0.2) is 4.79 Å². The van der Waals surface area contributed by atoms with Crippen molar-refractivity contribution in [1.29, 1.82) is 0 Å². The highest BCUT2D eigenvalue weighted by Crippen LogP contribution is 2.28. The number of hydrogen-bond donors (Lipinski definition) is 2. The van der Waals surface area contributed by atoms with Crippen LogP contribution in [0.1, 0.15) is 42.1 Å². The highest BCUT2D eigenvalue weighted by atomic mass is 16.5. The van der Waals surface area contributed by atoms with Gasteiger partial charge in [-0.15, -0.1) is 0 Å². The van der Waals surface area contributed by atoms with Gasteiger partial charge in [-0.2, -0.15) is 5.10 Å². The van der Waals surface area contributed by atoms with Crippen LogP contribution < -0.4 is 14.9 Å². The molecule has 31 heavy (non-hydrogen) atoms. The second-order valence-corrected chi connectivity index (χ2v) is 7.12. The van der Waals surface area contributed by atoms with Gasteiger partial charge in [-0.05, 0) is 74.2 Å². The summed E-state index contributed by atoms with van der Waals surface area (Å²) in [7, 11) is 0. The molecule has 1 aliphatic heterocycles. The summed E-state index contributed by atoms with van der Waals surface area (Å²) >= 11 is 0. The number of nitrogens with zero attached hydrogens (tertiary/aromatic N) is 2. The molecular weight excluding hydrogens is 398 g/mol. The Morgan fingerprint density at radius 3 is 2.48 bits per heavy atom. The number of amides is 1. The van der Waals surface area contributed by atoms with E-state index in [9.17, 15) is 9.59 Å². The molecule has 0 bridgehead atoms. The quantitative estimate of drug-likeness (QED) is 0.470. The van der Waals surface area contributed by atoms with Crippen LogP contribution in [-0.4, -0.2) is 54.4 Å². The summed E-state index contributed by atoms with van der Waals surface area (Å²) in [5.74, 6) is 0.0784. The Kier molecular flexibility index (Phi) is 7.86. The molecule has 1 amide bonds. The molecule has 1 aliphatic rings. The maximum Gasteiger partial charge on any atom is 0.335 e. The fourth-order valence-corrected chi connectivity index (χ4v) is 3.24. The van der Waals surface area contributed by atoms with Crippen LogP contribution in [-0.2, 0) is 4.79 Å². The Bertz CT molecular complexity index is 921. The number of piperidine rings is 1. The first-order chi connectivity index (χ1) is 15.1. The van der Waals surface area contributed by atoms with Crippen LogP contribution in [0.5, 0.6) is 11.5 Å². The molecular formula is C23H27N3O5. The predicted molar refractivity (Wildman–Crippen MR) is 118 cm³/mol. The summed E-state index contributed by atoms with van der Waals surface area (Å²) in [6.07, 6.45) is 4.88. The van der Waals surface area contributed by atoms with Gasteiger partial charge in [0.2, 0.25) is 0 Å². The molecule has 1 fully saturated rings. The summed E-state index contributed by atoms with van der Waals surface area (Å²) in [5, 5.41) is 13.1. The maximum absolute atomic E-state index is 12.3. The Hall–Kier alpha value is -3.55. The van der Waals surface area contributed by atoms with Crippen LogP contribution in [0.3, 0.4) is 0 Å². The molecule has 2 aromatic rings. The summed E-state index contributed by atoms with van der Waals surface area (Å²) < 4.78 is 11.4. The van der Waals surface area contributed by atoms with E-state index in [0.29, 0.717) is 23.8 Å². The van der Waals surface area contributed by atoms with Crippen molar-refractivity contribution in [2.24, 2.45) is 5.10 Å². The van der Waals surface area contributed by atoms with Crippen LogP contribution in [0.4, 0.5) is 5.69 Å². The molecule has 0 aromatic heterocycles. The van der Waals surface area contributed by atoms with Gasteiger partial charge in [0.1, 0.15) is 0 Å². The number of aromatic carboxylic acids is 1. The molecule has 1 heterocycles. The minimum Gasteiger partial charge on any atom is -0.490 e. The molecule has 0 aliphatic carbocycles. The number of carbonyl (C=O) groups is 2. The van der Waals surface area contributed by atoms with Crippen LogP contribution in [0.2, 0.25) is 0 Å². The third-order valence-corrected chi connectivity index (χ3v) is 4.87. The molecule has 0 radical (unpaired) electrons. The molecule has 1 saturated heterocycles. The van der Waals surface area contributed by atoms with E-state index < -0.39 is 5.97 Å². The standard InChI is InChI=1S/C23H27N3O5/c1-2-30-21-14-17(15-24-25-19-9-7-18(8-10-19)23(28)29)6-11-20(21)31-16-22(27)26-12-4-3-5-13-26/h6-11,14-15,25H,2-5,12-13,16H2,1H3,(H,28,29)/b24-15+. The first-order valence-electron chi connectivity index (χ1n) is 10.4. The summed E-state index contributed by atoms with van der Waals surface area (Å²) in [6, 6.07) is 11.7. The van der Waals surface area contributed by atoms with Crippen molar-refractivity contribution >= 4 is 23.8 Å². The van der Waals surface area contributed by atoms with E-state index >= 15 is 0 Å². The lowest BCUT2D eigenvalue weighted by atomic mass is 10.1. The van der Waals surface area contributed by atoms with Crippen molar-refractivity contribution < 1.29 is 24.2 Å². The minimum absolute atomic E-state index is 0.00842. The molecule has 0 atom stereocenters. The summed E-state index contributed by atoms with van der Waals surface area (Å²) in [4.78, 5) is 25.1. The number of hydrazone groups is 1. The van der Waals surface area contributed by atoms with Gasteiger partial charge in [0, 0.05) is 13.1 Å². The van der Waals surface area contributed by atoms with Crippen molar-refractivity contribution in [2.45, 2.75) is 26.2 Å². The van der Waals surface area contributed by atoms with Crippen LogP contribution in [0.25, 0.3) is 0 Å². The number of nitrogens with one attached hydrogen (secondary N) is 1. The number of hydrogen-bond acceptors (Lipinski definition) is 6. The average molecular weight is 425 g/mol. The van der Waals surface area contributed by atoms with Crippen LogP contribution in [0, 0.1) is 0 Å². The Morgan fingerprint density at radius 1 is 1.06 bits per heavy atom. The van der Waals surface area contributed by atoms with E-state index in [-0.39, 0.29) is 18.1 Å². The highest BCUT2D eigenvalue weighted by molar-refractivity contribution is 5.88. The lowest BCUT2D eigenvalue weighted by Gasteiger charge is -2.26. The molecule has 2 aromatic carbocycles. The van der Waals surface area contributed by atoms with E-state index in [2.05, 4.69) is 10.5 Å². The monoisotopic (exact) mass is 425 g/mol. The number of rotatable bonds is 9. The lowest BCUT2D eigenvalue weighted by molar-refractivity contribution is -0.134. The van der Waals surface area contributed by atoms with Crippen molar-refractivity contribution in [2.75, 3.05) is 31.7 Å².